The Morgan fingerprint density at radius 3 is 2.45 bits per heavy atom. The minimum atomic E-state index is -0.882. The van der Waals surface area contributed by atoms with Gasteiger partial charge in [0.1, 0.15) is 5.54 Å². The summed E-state index contributed by atoms with van der Waals surface area (Å²) in [6.45, 7) is 2.52. The standard InChI is InChI=1S/C18H24N2O2/c1-2-18(15-11-7-4-8-12-15)16(21)20(17(22)19-18)13-14-9-5-3-6-10-14/h4,7-8,11-12,14H,2-3,5-6,9-10,13H2,1H3,(H,19,22)/t18-/m1/s1. The van der Waals surface area contributed by atoms with Crippen LogP contribution in [0.3, 0.4) is 0 Å². The topological polar surface area (TPSA) is 49.4 Å². The average molecular weight is 300 g/mol. The van der Waals surface area contributed by atoms with E-state index in [2.05, 4.69) is 5.32 Å². The molecule has 3 rings (SSSR count). The van der Waals surface area contributed by atoms with Crippen LogP contribution >= 0.6 is 0 Å². The largest absolute Gasteiger partial charge is 0.325 e. The first-order valence-corrected chi connectivity index (χ1v) is 8.37. The normalized spacial score (nSPS) is 26.3. The second-order valence-corrected chi connectivity index (χ2v) is 6.47. The molecule has 1 saturated carbocycles. The van der Waals surface area contributed by atoms with Crippen molar-refractivity contribution in [3.8, 4) is 0 Å². The summed E-state index contributed by atoms with van der Waals surface area (Å²) in [5.74, 6) is 0.378. The van der Waals surface area contributed by atoms with Crippen molar-refractivity contribution < 1.29 is 9.59 Å². The van der Waals surface area contributed by atoms with Crippen molar-refractivity contribution in [2.75, 3.05) is 6.54 Å². The number of benzene rings is 1. The van der Waals surface area contributed by atoms with Gasteiger partial charge in [0.05, 0.1) is 0 Å². The molecule has 22 heavy (non-hydrogen) atoms. The Morgan fingerprint density at radius 1 is 1.14 bits per heavy atom. The molecule has 1 aliphatic carbocycles. The molecule has 1 aromatic carbocycles. The lowest BCUT2D eigenvalue weighted by Gasteiger charge is -2.28. The number of amides is 3. The van der Waals surface area contributed by atoms with E-state index in [0.717, 1.165) is 18.4 Å². The zero-order valence-electron chi connectivity index (χ0n) is 13.2. The Balaban J connectivity index is 1.83. The number of nitrogens with one attached hydrogen (secondary N) is 1. The van der Waals surface area contributed by atoms with E-state index in [1.54, 1.807) is 0 Å². The summed E-state index contributed by atoms with van der Waals surface area (Å²) in [7, 11) is 0. The lowest BCUT2D eigenvalue weighted by atomic mass is 9.86. The molecule has 1 saturated heterocycles. The summed E-state index contributed by atoms with van der Waals surface area (Å²) in [6.07, 6.45) is 6.53. The van der Waals surface area contributed by atoms with Crippen LogP contribution in [0.2, 0.25) is 0 Å². The molecule has 118 valence electrons. The number of rotatable bonds is 4. The summed E-state index contributed by atoms with van der Waals surface area (Å²) in [5, 5.41) is 2.96. The predicted octanol–water partition coefficient (Wildman–Crippen LogP) is 3.42. The van der Waals surface area contributed by atoms with E-state index in [9.17, 15) is 9.59 Å². The van der Waals surface area contributed by atoms with Gasteiger partial charge in [-0.15, -0.1) is 0 Å². The second kappa shape index (κ2) is 6.11. The Hall–Kier alpha value is -1.84. The smallest absolute Gasteiger partial charge is 0.319 e. The Morgan fingerprint density at radius 2 is 1.82 bits per heavy atom. The van der Waals surface area contributed by atoms with Gasteiger partial charge in [0.25, 0.3) is 5.91 Å². The van der Waals surface area contributed by atoms with Gasteiger partial charge in [-0.2, -0.15) is 0 Å². The van der Waals surface area contributed by atoms with Crippen LogP contribution in [-0.4, -0.2) is 23.4 Å². The summed E-state index contributed by atoms with van der Waals surface area (Å²) >= 11 is 0. The molecule has 2 fully saturated rings. The van der Waals surface area contributed by atoms with Crippen LogP contribution < -0.4 is 5.32 Å². The summed E-state index contributed by atoms with van der Waals surface area (Å²) in [4.78, 5) is 26.8. The third-order valence-electron chi connectivity index (χ3n) is 5.14. The van der Waals surface area contributed by atoms with Crippen molar-refractivity contribution >= 4 is 11.9 Å². The molecule has 0 bridgehead atoms. The Labute approximate surface area is 131 Å². The van der Waals surface area contributed by atoms with Gasteiger partial charge in [-0.3, -0.25) is 9.69 Å². The minimum Gasteiger partial charge on any atom is -0.319 e. The fourth-order valence-electron chi connectivity index (χ4n) is 3.78. The zero-order valence-corrected chi connectivity index (χ0v) is 13.2. The third-order valence-corrected chi connectivity index (χ3v) is 5.14. The molecule has 0 unspecified atom stereocenters. The van der Waals surface area contributed by atoms with Crippen molar-refractivity contribution in [1.29, 1.82) is 0 Å². The fraction of sp³-hybridized carbons (Fsp3) is 0.556. The molecule has 0 aromatic heterocycles. The number of carbonyl (C=O) groups excluding carboxylic acids is 2. The summed E-state index contributed by atoms with van der Waals surface area (Å²) in [6, 6.07) is 9.36. The molecule has 1 N–H and O–H groups in total. The molecule has 4 heteroatoms. The summed E-state index contributed by atoms with van der Waals surface area (Å²) < 4.78 is 0. The maximum atomic E-state index is 13.0. The van der Waals surface area contributed by atoms with E-state index in [1.165, 1.54) is 24.2 Å². The van der Waals surface area contributed by atoms with Crippen LogP contribution in [0.25, 0.3) is 0 Å². The highest BCUT2D eigenvalue weighted by molar-refractivity contribution is 6.07. The Kier molecular flexibility index (Phi) is 4.19. The van der Waals surface area contributed by atoms with E-state index in [0.29, 0.717) is 18.9 Å². The maximum Gasteiger partial charge on any atom is 0.325 e. The van der Waals surface area contributed by atoms with Crippen LogP contribution in [0.15, 0.2) is 30.3 Å². The van der Waals surface area contributed by atoms with Gasteiger partial charge < -0.3 is 5.32 Å². The highest BCUT2D eigenvalue weighted by Crippen LogP contribution is 2.34. The van der Waals surface area contributed by atoms with Crippen LogP contribution in [0.4, 0.5) is 4.79 Å². The molecular formula is C18H24N2O2. The number of carbonyl (C=O) groups is 2. The SMILES string of the molecule is CC[C@]1(c2ccccc2)NC(=O)N(CC2CCCCC2)C1=O. The van der Waals surface area contributed by atoms with Crippen LogP contribution in [-0.2, 0) is 10.3 Å². The number of nitrogens with zero attached hydrogens (tertiary/aromatic N) is 1. The number of hydrogen-bond donors (Lipinski definition) is 1. The van der Waals surface area contributed by atoms with Crippen molar-refractivity contribution in [2.45, 2.75) is 51.0 Å². The Bertz CT molecular complexity index is 551. The molecule has 2 aliphatic rings. The second-order valence-electron chi connectivity index (χ2n) is 6.47. The minimum absolute atomic E-state index is 0.0863. The molecule has 4 nitrogen and oxygen atoms in total. The molecular weight excluding hydrogens is 276 g/mol. The summed E-state index contributed by atoms with van der Waals surface area (Å²) in [5.41, 5.74) is -0.00509. The van der Waals surface area contributed by atoms with Gasteiger partial charge in [0.15, 0.2) is 0 Å². The van der Waals surface area contributed by atoms with Crippen molar-refractivity contribution in [3.63, 3.8) is 0 Å². The monoisotopic (exact) mass is 300 g/mol. The lowest BCUT2D eigenvalue weighted by Crippen LogP contribution is -2.43. The van der Waals surface area contributed by atoms with Crippen LogP contribution in [0, 0.1) is 5.92 Å². The van der Waals surface area contributed by atoms with Crippen LogP contribution in [0.1, 0.15) is 51.0 Å². The highest BCUT2D eigenvalue weighted by atomic mass is 16.2. The average Bonchev–Trinajstić information content (AvgIpc) is 2.82. The fourth-order valence-corrected chi connectivity index (χ4v) is 3.78. The number of urea groups is 1. The first-order chi connectivity index (χ1) is 10.7. The van der Waals surface area contributed by atoms with Crippen molar-refractivity contribution in [1.82, 2.24) is 10.2 Å². The zero-order chi connectivity index (χ0) is 15.6. The van der Waals surface area contributed by atoms with Crippen LogP contribution in [0.5, 0.6) is 0 Å². The van der Waals surface area contributed by atoms with Gasteiger partial charge in [-0.1, -0.05) is 56.5 Å². The van der Waals surface area contributed by atoms with E-state index in [4.69, 9.17) is 0 Å². The quantitative estimate of drug-likeness (QED) is 0.866. The third kappa shape index (κ3) is 2.51. The van der Waals surface area contributed by atoms with Crippen molar-refractivity contribution in [2.24, 2.45) is 5.92 Å². The van der Waals surface area contributed by atoms with E-state index in [1.807, 2.05) is 37.3 Å². The molecule has 1 atom stereocenters. The number of hydrogen-bond acceptors (Lipinski definition) is 2. The van der Waals surface area contributed by atoms with E-state index in [-0.39, 0.29) is 11.9 Å². The van der Waals surface area contributed by atoms with Gasteiger partial charge >= 0.3 is 6.03 Å². The first-order valence-electron chi connectivity index (χ1n) is 8.37. The van der Waals surface area contributed by atoms with E-state index < -0.39 is 5.54 Å². The number of imide groups is 1. The maximum absolute atomic E-state index is 13.0. The highest BCUT2D eigenvalue weighted by Gasteiger charge is 2.51. The van der Waals surface area contributed by atoms with Gasteiger partial charge in [-0.05, 0) is 30.7 Å². The molecule has 1 aliphatic heterocycles. The first kappa shape index (κ1) is 15.1. The van der Waals surface area contributed by atoms with E-state index >= 15 is 0 Å². The van der Waals surface area contributed by atoms with Gasteiger partial charge in [0.2, 0.25) is 0 Å². The lowest BCUT2D eigenvalue weighted by molar-refractivity contribution is -0.132. The van der Waals surface area contributed by atoms with Gasteiger partial charge in [-0.25, -0.2) is 4.79 Å². The molecule has 1 aromatic rings. The molecule has 1 heterocycles. The molecule has 0 radical (unpaired) electrons. The molecule has 3 amide bonds. The van der Waals surface area contributed by atoms with Crippen molar-refractivity contribution in [3.05, 3.63) is 35.9 Å². The van der Waals surface area contributed by atoms with Gasteiger partial charge in [0, 0.05) is 6.54 Å². The predicted molar refractivity (Wildman–Crippen MR) is 85.2 cm³/mol. The molecule has 0 spiro atoms.